The van der Waals surface area contributed by atoms with Crippen molar-refractivity contribution in [2.75, 3.05) is 37.6 Å². The molecule has 0 aliphatic carbocycles. The topological polar surface area (TPSA) is 41.9 Å². The number of hydrogen-bond acceptors (Lipinski definition) is 4. The first kappa shape index (κ1) is 17.4. The normalized spacial score (nSPS) is 11.8. The van der Waals surface area contributed by atoms with E-state index in [1.54, 1.807) is 7.11 Å². The molecule has 0 saturated carbocycles. The molecule has 1 atom stereocenters. The standard InChI is InChI=1S/C18H22ClNO3/c1-22-17-9-5-6-10-18(17)23-12-11-20(14-16(21)13-19)15-7-3-2-4-8-15/h2-10,16,21H,11-14H2,1H3. The molecule has 2 aromatic rings. The number of methoxy groups -OCH3 is 1. The lowest BCUT2D eigenvalue weighted by molar-refractivity contribution is 0.200. The minimum Gasteiger partial charge on any atom is -0.493 e. The van der Waals surface area contributed by atoms with Crippen LogP contribution in [0.25, 0.3) is 0 Å². The Kier molecular flexibility index (Phi) is 7.04. The number of anilines is 1. The summed E-state index contributed by atoms with van der Waals surface area (Å²) >= 11 is 5.73. The van der Waals surface area contributed by atoms with Crippen molar-refractivity contribution in [3.8, 4) is 11.5 Å². The van der Waals surface area contributed by atoms with Crippen LogP contribution in [0.5, 0.6) is 11.5 Å². The van der Waals surface area contributed by atoms with Crippen LogP contribution in [0.2, 0.25) is 0 Å². The third-order valence-corrected chi connectivity index (χ3v) is 3.77. The fourth-order valence-electron chi connectivity index (χ4n) is 2.27. The molecule has 0 saturated heterocycles. The zero-order valence-electron chi connectivity index (χ0n) is 13.2. The van der Waals surface area contributed by atoms with Crippen molar-refractivity contribution in [1.29, 1.82) is 0 Å². The predicted molar refractivity (Wildman–Crippen MR) is 93.9 cm³/mol. The van der Waals surface area contributed by atoms with Gasteiger partial charge in [-0.2, -0.15) is 0 Å². The summed E-state index contributed by atoms with van der Waals surface area (Å²) in [5, 5.41) is 9.85. The van der Waals surface area contributed by atoms with Crippen LogP contribution in [0.1, 0.15) is 0 Å². The monoisotopic (exact) mass is 335 g/mol. The second-order valence-corrected chi connectivity index (χ2v) is 5.40. The Bertz CT molecular complexity index is 579. The molecule has 0 bridgehead atoms. The molecular formula is C18H22ClNO3. The molecule has 2 rings (SSSR count). The molecule has 1 unspecified atom stereocenters. The predicted octanol–water partition coefficient (Wildman–Crippen LogP) is 3.18. The number of alkyl halides is 1. The Labute approximate surface area is 142 Å². The Hall–Kier alpha value is -1.91. The number of rotatable bonds is 9. The summed E-state index contributed by atoms with van der Waals surface area (Å²) in [6.45, 7) is 1.57. The van der Waals surface area contributed by atoms with Crippen LogP contribution >= 0.6 is 11.6 Å². The number of para-hydroxylation sites is 3. The van der Waals surface area contributed by atoms with E-state index >= 15 is 0 Å². The molecule has 0 amide bonds. The lowest BCUT2D eigenvalue weighted by Crippen LogP contribution is -2.36. The van der Waals surface area contributed by atoms with Gasteiger partial charge >= 0.3 is 0 Å². The summed E-state index contributed by atoms with van der Waals surface area (Å²) in [5.74, 6) is 1.62. The summed E-state index contributed by atoms with van der Waals surface area (Å²) in [6, 6.07) is 17.5. The van der Waals surface area contributed by atoms with Crippen molar-refractivity contribution in [3.63, 3.8) is 0 Å². The first-order chi connectivity index (χ1) is 11.2. The highest BCUT2D eigenvalue weighted by molar-refractivity contribution is 6.18. The summed E-state index contributed by atoms with van der Waals surface area (Å²) in [7, 11) is 1.62. The van der Waals surface area contributed by atoms with E-state index in [9.17, 15) is 5.11 Å². The van der Waals surface area contributed by atoms with Gasteiger partial charge in [-0.15, -0.1) is 11.6 Å². The van der Waals surface area contributed by atoms with Gasteiger partial charge in [0, 0.05) is 12.2 Å². The average molecular weight is 336 g/mol. The van der Waals surface area contributed by atoms with Crippen molar-refractivity contribution in [3.05, 3.63) is 54.6 Å². The molecule has 4 nitrogen and oxygen atoms in total. The molecule has 0 radical (unpaired) electrons. The second kappa shape index (κ2) is 9.28. The summed E-state index contributed by atoms with van der Waals surface area (Å²) < 4.78 is 11.1. The maximum absolute atomic E-state index is 9.85. The van der Waals surface area contributed by atoms with Crippen molar-refractivity contribution in [2.45, 2.75) is 6.10 Å². The molecule has 23 heavy (non-hydrogen) atoms. The molecular weight excluding hydrogens is 314 g/mol. The van der Waals surface area contributed by atoms with Gasteiger partial charge < -0.3 is 19.5 Å². The fourth-order valence-corrected chi connectivity index (χ4v) is 2.37. The lowest BCUT2D eigenvalue weighted by Gasteiger charge is -2.26. The van der Waals surface area contributed by atoms with Crippen LogP contribution in [-0.2, 0) is 0 Å². The largest absolute Gasteiger partial charge is 0.493 e. The molecule has 5 heteroatoms. The molecule has 0 aliphatic heterocycles. The number of hydrogen-bond donors (Lipinski definition) is 1. The van der Waals surface area contributed by atoms with Crippen LogP contribution in [0.4, 0.5) is 5.69 Å². The zero-order valence-corrected chi connectivity index (χ0v) is 13.9. The number of aliphatic hydroxyl groups excluding tert-OH is 1. The van der Waals surface area contributed by atoms with Crippen molar-refractivity contribution in [1.82, 2.24) is 0 Å². The van der Waals surface area contributed by atoms with Crippen LogP contribution in [0, 0.1) is 0 Å². The first-order valence-electron chi connectivity index (χ1n) is 7.54. The average Bonchev–Trinajstić information content (AvgIpc) is 2.61. The van der Waals surface area contributed by atoms with Gasteiger partial charge in [0.1, 0.15) is 6.61 Å². The minimum atomic E-state index is -0.580. The number of benzene rings is 2. The van der Waals surface area contributed by atoms with Crippen LogP contribution < -0.4 is 14.4 Å². The summed E-state index contributed by atoms with van der Waals surface area (Å²) in [6.07, 6.45) is -0.580. The highest BCUT2D eigenvalue weighted by atomic mass is 35.5. The van der Waals surface area contributed by atoms with E-state index in [1.165, 1.54) is 0 Å². The molecule has 1 N–H and O–H groups in total. The van der Waals surface area contributed by atoms with Gasteiger partial charge in [-0.25, -0.2) is 0 Å². The van der Waals surface area contributed by atoms with Crippen LogP contribution in [0.3, 0.4) is 0 Å². The van der Waals surface area contributed by atoms with E-state index in [1.807, 2.05) is 54.6 Å². The maximum atomic E-state index is 9.85. The number of nitrogens with zero attached hydrogens (tertiary/aromatic N) is 1. The molecule has 0 aliphatic rings. The molecule has 0 spiro atoms. The van der Waals surface area contributed by atoms with Gasteiger partial charge in [-0.1, -0.05) is 30.3 Å². The summed E-state index contributed by atoms with van der Waals surface area (Å²) in [5.41, 5.74) is 1.03. The number of aliphatic hydroxyl groups is 1. The van der Waals surface area contributed by atoms with Gasteiger partial charge in [0.2, 0.25) is 0 Å². The maximum Gasteiger partial charge on any atom is 0.161 e. The van der Waals surface area contributed by atoms with Gasteiger partial charge in [0.15, 0.2) is 11.5 Å². The molecule has 0 fully saturated rings. The number of ether oxygens (including phenoxy) is 2. The Morgan fingerprint density at radius 1 is 1.04 bits per heavy atom. The Morgan fingerprint density at radius 3 is 2.35 bits per heavy atom. The minimum absolute atomic E-state index is 0.205. The van der Waals surface area contributed by atoms with Gasteiger partial charge in [-0.3, -0.25) is 0 Å². The van der Waals surface area contributed by atoms with E-state index < -0.39 is 6.10 Å². The summed E-state index contributed by atoms with van der Waals surface area (Å²) in [4.78, 5) is 2.06. The van der Waals surface area contributed by atoms with E-state index in [0.29, 0.717) is 31.2 Å². The van der Waals surface area contributed by atoms with Gasteiger partial charge in [-0.05, 0) is 24.3 Å². The molecule has 2 aromatic carbocycles. The Balaban J connectivity index is 1.98. The molecule has 124 valence electrons. The van der Waals surface area contributed by atoms with E-state index in [0.717, 1.165) is 5.69 Å². The van der Waals surface area contributed by atoms with E-state index in [-0.39, 0.29) is 5.88 Å². The smallest absolute Gasteiger partial charge is 0.161 e. The lowest BCUT2D eigenvalue weighted by atomic mass is 10.2. The quantitative estimate of drug-likeness (QED) is 0.715. The molecule has 0 heterocycles. The highest BCUT2D eigenvalue weighted by Crippen LogP contribution is 2.25. The highest BCUT2D eigenvalue weighted by Gasteiger charge is 2.12. The van der Waals surface area contributed by atoms with Gasteiger partial charge in [0.25, 0.3) is 0 Å². The second-order valence-electron chi connectivity index (χ2n) is 5.09. The SMILES string of the molecule is COc1ccccc1OCCN(CC(O)CCl)c1ccccc1. The third kappa shape index (κ3) is 5.34. The van der Waals surface area contributed by atoms with Crippen LogP contribution in [-0.4, -0.2) is 43.9 Å². The Morgan fingerprint density at radius 2 is 1.70 bits per heavy atom. The van der Waals surface area contributed by atoms with Crippen molar-refractivity contribution in [2.24, 2.45) is 0 Å². The molecule has 0 aromatic heterocycles. The third-order valence-electron chi connectivity index (χ3n) is 3.42. The van der Waals surface area contributed by atoms with Gasteiger partial charge in [0.05, 0.1) is 25.6 Å². The fraction of sp³-hybridized carbons (Fsp3) is 0.333. The van der Waals surface area contributed by atoms with E-state index in [2.05, 4.69) is 4.90 Å². The van der Waals surface area contributed by atoms with E-state index in [4.69, 9.17) is 21.1 Å². The zero-order chi connectivity index (χ0) is 16.5. The number of halogens is 1. The first-order valence-corrected chi connectivity index (χ1v) is 8.08. The van der Waals surface area contributed by atoms with Crippen molar-refractivity contribution >= 4 is 17.3 Å². The van der Waals surface area contributed by atoms with Crippen molar-refractivity contribution < 1.29 is 14.6 Å². The van der Waals surface area contributed by atoms with Crippen LogP contribution in [0.15, 0.2) is 54.6 Å².